The van der Waals surface area contributed by atoms with Gasteiger partial charge in [-0.2, -0.15) is 0 Å². The smallest absolute Gasteiger partial charge is 0.227 e. The van der Waals surface area contributed by atoms with Gasteiger partial charge in [0.15, 0.2) is 11.5 Å². The first-order valence-electron chi connectivity index (χ1n) is 8.89. The number of carbonyl (C=O) groups excluding carboxylic acids is 1. The minimum absolute atomic E-state index is 0.0287. The molecule has 6 heteroatoms. The third-order valence-corrected chi connectivity index (χ3v) is 5.87. The predicted octanol–water partition coefficient (Wildman–Crippen LogP) is 3.40. The van der Waals surface area contributed by atoms with Crippen molar-refractivity contribution in [3.05, 3.63) is 42.5 Å². The molecular formula is C20H22N2O3S. The van der Waals surface area contributed by atoms with Crippen molar-refractivity contribution in [1.29, 1.82) is 0 Å². The lowest BCUT2D eigenvalue weighted by atomic mass is 9.88. The van der Waals surface area contributed by atoms with E-state index in [2.05, 4.69) is 22.8 Å². The average molecular weight is 370 g/mol. The normalized spacial score (nSPS) is 17.3. The number of hydrogen-bond acceptors (Lipinski definition) is 5. The Balaban J connectivity index is 1.61. The Morgan fingerprint density at radius 1 is 1.15 bits per heavy atom. The third-order valence-electron chi connectivity index (χ3n) is 4.81. The molecule has 0 radical (unpaired) electrons. The van der Waals surface area contributed by atoms with Crippen LogP contribution in [0.5, 0.6) is 11.5 Å². The number of carbonyl (C=O) groups is 1. The van der Waals surface area contributed by atoms with Crippen LogP contribution < -0.4 is 20.1 Å². The highest BCUT2D eigenvalue weighted by molar-refractivity contribution is 7.99. The summed E-state index contributed by atoms with van der Waals surface area (Å²) in [5.41, 5.74) is 0.771. The third kappa shape index (κ3) is 3.66. The maximum absolute atomic E-state index is 12.7. The van der Waals surface area contributed by atoms with Gasteiger partial charge in [0.2, 0.25) is 5.91 Å². The van der Waals surface area contributed by atoms with Crippen LogP contribution in [0.4, 0.5) is 5.69 Å². The standard InChI is InChI=1S/C20H22N2O3S/c1-13(14-11-21-12-14)20(23)22-16-9-17-18(25-8-7-24-17)10-19(16)26-15-5-3-2-4-6-15/h2-6,9-10,13-14,21H,7-8,11-12H2,1H3,(H,22,23). The molecule has 136 valence electrons. The Kier molecular flexibility index (Phi) is 5.04. The number of amides is 1. The number of benzene rings is 2. The highest BCUT2D eigenvalue weighted by Gasteiger charge is 2.29. The number of rotatable bonds is 5. The lowest BCUT2D eigenvalue weighted by Gasteiger charge is -2.32. The number of nitrogens with one attached hydrogen (secondary N) is 2. The molecule has 0 aliphatic carbocycles. The summed E-state index contributed by atoms with van der Waals surface area (Å²) in [4.78, 5) is 14.8. The first-order valence-corrected chi connectivity index (χ1v) is 9.70. The van der Waals surface area contributed by atoms with Gasteiger partial charge in [0, 0.05) is 27.8 Å². The molecule has 2 aliphatic heterocycles. The van der Waals surface area contributed by atoms with Gasteiger partial charge in [-0.25, -0.2) is 0 Å². The maximum atomic E-state index is 12.7. The van der Waals surface area contributed by atoms with E-state index in [0.29, 0.717) is 24.9 Å². The van der Waals surface area contributed by atoms with E-state index >= 15 is 0 Å². The summed E-state index contributed by atoms with van der Waals surface area (Å²) >= 11 is 1.61. The van der Waals surface area contributed by atoms with Crippen LogP contribution in [0.25, 0.3) is 0 Å². The van der Waals surface area contributed by atoms with E-state index in [1.165, 1.54) is 0 Å². The van der Waals surface area contributed by atoms with Crippen LogP contribution in [0.1, 0.15) is 6.92 Å². The number of anilines is 1. The molecule has 2 aromatic rings. The second-order valence-corrected chi connectivity index (χ2v) is 7.72. The maximum Gasteiger partial charge on any atom is 0.227 e. The Morgan fingerprint density at radius 3 is 2.50 bits per heavy atom. The molecule has 1 saturated heterocycles. The van der Waals surface area contributed by atoms with Gasteiger partial charge in [0.1, 0.15) is 13.2 Å². The molecule has 2 heterocycles. The Bertz CT molecular complexity index is 793. The summed E-state index contributed by atoms with van der Waals surface area (Å²) in [7, 11) is 0. The lowest BCUT2D eigenvalue weighted by molar-refractivity contribution is -0.121. The fourth-order valence-electron chi connectivity index (χ4n) is 2.99. The largest absolute Gasteiger partial charge is 0.486 e. The van der Waals surface area contributed by atoms with E-state index in [-0.39, 0.29) is 11.8 Å². The van der Waals surface area contributed by atoms with Crippen LogP contribution in [0, 0.1) is 11.8 Å². The fourth-order valence-corrected chi connectivity index (χ4v) is 3.93. The topological polar surface area (TPSA) is 59.6 Å². The van der Waals surface area contributed by atoms with Gasteiger partial charge in [0.05, 0.1) is 5.69 Å². The summed E-state index contributed by atoms with van der Waals surface area (Å²) in [6.07, 6.45) is 0. The zero-order valence-corrected chi connectivity index (χ0v) is 15.5. The van der Waals surface area contributed by atoms with Crippen molar-refractivity contribution in [1.82, 2.24) is 5.32 Å². The van der Waals surface area contributed by atoms with Crippen molar-refractivity contribution >= 4 is 23.4 Å². The van der Waals surface area contributed by atoms with E-state index in [4.69, 9.17) is 9.47 Å². The molecule has 0 spiro atoms. The van der Waals surface area contributed by atoms with Crippen LogP contribution in [-0.4, -0.2) is 32.2 Å². The Morgan fingerprint density at radius 2 is 1.85 bits per heavy atom. The molecule has 0 aromatic heterocycles. The molecule has 2 N–H and O–H groups in total. The molecule has 2 aromatic carbocycles. The van der Waals surface area contributed by atoms with Crippen LogP contribution in [0.2, 0.25) is 0 Å². The number of ether oxygens (including phenoxy) is 2. The van der Waals surface area contributed by atoms with E-state index in [1.807, 2.05) is 37.3 Å². The summed E-state index contributed by atoms with van der Waals surface area (Å²) in [5.74, 6) is 1.82. The Labute approximate surface area is 157 Å². The SMILES string of the molecule is CC(C(=O)Nc1cc2c(cc1Sc1ccccc1)OCCO2)C1CNC1. The average Bonchev–Trinajstić information content (AvgIpc) is 2.61. The summed E-state index contributed by atoms with van der Waals surface area (Å²) in [5, 5.41) is 6.33. The summed E-state index contributed by atoms with van der Waals surface area (Å²) < 4.78 is 11.4. The van der Waals surface area contributed by atoms with Gasteiger partial charge in [-0.05, 0) is 31.1 Å². The minimum atomic E-state index is -0.0287. The van der Waals surface area contributed by atoms with Crippen molar-refractivity contribution in [3.63, 3.8) is 0 Å². The first-order chi connectivity index (χ1) is 12.7. The van der Waals surface area contributed by atoms with Gasteiger partial charge in [0.25, 0.3) is 0 Å². The van der Waals surface area contributed by atoms with E-state index in [1.54, 1.807) is 11.8 Å². The van der Waals surface area contributed by atoms with E-state index in [0.717, 1.165) is 34.3 Å². The molecule has 1 atom stereocenters. The molecule has 2 aliphatic rings. The molecular weight excluding hydrogens is 348 g/mol. The van der Waals surface area contributed by atoms with E-state index < -0.39 is 0 Å². The molecule has 0 saturated carbocycles. The van der Waals surface area contributed by atoms with E-state index in [9.17, 15) is 4.79 Å². The van der Waals surface area contributed by atoms with Gasteiger partial charge in [-0.15, -0.1) is 0 Å². The number of hydrogen-bond donors (Lipinski definition) is 2. The first kappa shape index (κ1) is 17.2. The van der Waals surface area contributed by atoms with Crippen LogP contribution in [0.15, 0.2) is 52.3 Å². The second kappa shape index (κ2) is 7.60. The fraction of sp³-hybridized carbons (Fsp3) is 0.350. The monoisotopic (exact) mass is 370 g/mol. The van der Waals surface area contributed by atoms with Gasteiger partial charge < -0.3 is 20.1 Å². The zero-order valence-electron chi connectivity index (χ0n) is 14.7. The van der Waals surface area contributed by atoms with Gasteiger partial charge in [-0.3, -0.25) is 4.79 Å². The van der Waals surface area contributed by atoms with Crippen LogP contribution in [0.3, 0.4) is 0 Å². The molecule has 4 rings (SSSR count). The molecule has 1 unspecified atom stereocenters. The van der Waals surface area contributed by atoms with Crippen LogP contribution in [-0.2, 0) is 4.79 Å². The van der Waals surface area contributed by atoms with Crippen molar-refractivity contribution in [2.45, 2.75) is 16.7 Å². The van der Waals surface area contributed by atoms with Crippen molar-refractivity contribution in [2.75, 3.05) is 31.6 Å². The van der Waals surface area contributed by atoms with Crippen molar-refractivity contribution in [2.24, 2.45) is 11.8 Å². The van der Waals surface area contributed by atoms with Gasteiger partial charge >= 0.3 is 0 Å². The molecule has 1 fully saturated rings. The highest BCUT2D eigenvalue weighted by Crippen LogP contribution is 2.42. The molecule has 0 bridgehead atoms. The molecule has 5 nitrogen and oxygen atoms in total. The molecule has 26 heavy (non-hydrogen) atoms. The minimum Gasteiger partial charge on any atom is -0.486 e. The summed E-state index contributed by atoms with van der Waals surface area (Å²) in [6, 6.07) is 13.9. The van der Waals surface area contributed by atoms with Crippen molar-refractivity contribution in [3.8, 4) is 11.5 Å². The quantitative estimate of drug-likeness (QED) is 0.845. The highest BCUT2D eigenvalue weighted by atomic mass is 32.2. The zero-order chi connectivity index (χ0) is 17.9. The number of fused-ring (bicyclic) bond motifs is 1. The molecule has 1 amide bonds. The van der Waals surface area contributed by atoms with Gasteiger partial charge in [-0.1, -0.05) is 36.9 Å². The summed E-state index contributed by atoms with van der Waals surface area (Å²) in [6.45, 7) is 4.86. The Hall–Kier alpha value is -2.18. The van der Waals surface area contributed by atoms with Crippen LogP contribution >= 0.6 is 11.8 Å². The van der Waals surface area contributed by atoms with Crippen molar-refractivity contribution < 1.29 is 14.3 Å². The second-order valence-electron chi connectivity index (χ2n) is 6.60. The lowest BCUT2D eigenvalue weighted by Crippen LogP contribution is -2.48. The predicted molar refractivity (Wildman–Crippen MR) is 102 cm³/mol.